The number of nitrogens with zero attached hydrogens (tertiary/aromatic N) is 8. The summed E-state index contributed by atoms with van der Waals surface area (Å²) in [7, 11) is 2.55. The minimum atomic E-state index is -1.76. The average molecular weight is 477 g/mol. The molecule has 9 nitrogen and oxygen atoms in total. The highest BCUT2D eigenvalue weighted by atomic mass is 33.1. The van der Waals surface area contributed by atoms with Gasteiger partial charge >= 0.3 is 0 Å². The standard InChI is InChI=1S/C19H18F2N8OS2/c1-18(2,32-31-17-6-5-16(26-27-17)29-12-23-10-25-29)19(30,8-28-11-22-9-24-28)14-4-3-13(20)7-15(14)21/h3-7,9-12,30H,8H2,1-2H3. The van der Waals surface area contributed by atoms with Gasteiger partial charge in [0.25, 0.3) is 0 Å². The van der Waals surface area contributed by atoms with E-state index in [9.17, 15) is 13.9 Å². The van der Waals surface area contributed by atoms with Crippen molar-refractivity contribution in [1.82, 2.24) is 39.7 Å². The molecule has 0 saturated heterocycles. The van der Waals surface area contributed by atoms with Crippen molar-refractivity contribution in [1.29, 1.82) is 0 Å². The molecule has 0 fully saturated rings. The fraction of sp³-hybridized carbons (Fsp3) is 0.263. The Kier molecular flexibility index (Phi) is 6.22. The van der Waals surface area contributed by atoms with Crippen LogP contribution in [0.15, 0.2) is 60.7 Å². The van der Waals surface area contributed by atoms with Gasteiger partial charge < -0.3 is 5.11 Å². The molecule has 1 N–H and O–H groups in total. The second-order valence-corrected chi connectivity index (χ2v) is 10.1. The molecule has 166 valence electrons. The van der Waals surface area contributed by atoms with E-state index in [4.69, 9.17) is 0 Å². The molecule has 0 aliphatic carbocycles. The molecule has 0 aliphatic rings. The van der Waals surface area contributed by atoms with Crippen LogP contribution in [0.3, 0.4) is 0 Å². The number of aliphatic hydroxyl groups is 1. The lowest BCUT2D eigenvalue weighted by atomic mass is 9.82. The van der Waals surface area contributed by atoms with Crippen LogP contribution < -0.4 is 0 Å². The second kappa shape index (κ2) is 8.92. The first-order valence-electron chi connectivity index (χ1n) is 9.33. The lowest BCUT2D eigenvalue weighted by Gasteiger charge is -2.42. The van der Waals surface area contributed by atoms with E-state index in [-0.39, 0.29) is 12.1 Å². The van der Waals surface area contributed by atoms with Gasteiger partial charge in [-0.2, -0.15) is 10.2 Å². The molecular weight excluding hydrogens is 458 g/mol. The number of hydrogen-bond donors (Lipinski definition) is 1. The van der Waals surface area contributed by atoms with Gasteiger partial charge in [-0.1, -0.05) is 16.9 Å². The maximum absolute atomic E-state index is 14.7. The summed E-state index contributed by atoms with van der Waals surface area (Å²) in [4.78, 5) is 7.76. The fourth-order valence-electron chi connectivity index (χ4n) is 3.00. The highest BCUT2D eigenvalue weighted by Crippen LogP contribution is 2.50. The van der Waals surface area contributed by atoms with Crippen LogP contribution in [-0.4, -0.2) is 49.6 Å². The van der Waals surface area contributed by atoms with Crippen molar-refractivity contribution < 1.29 is 13.9 Å². The van der Waals surface area contributed by atoms with Crippen LogP contribution in [0, 0.1) is 11.6 Å². The average Bonchev–Trinajstić information content (AvgIpc) is 3.47. The summed E-state index contributed by atoms with van der Waals surface area (Å²) in [5, 5.41) is 28.7. The molecule has 3 heterocycles. The first-order valence-corrected chi connectivity index (χ1v) is 11.5. The van der Waals surface area contributed by atoms with Crippen molar-refractivity contribution in [3.8, 4) is 5.82 Å². The van der Waals surface area contributed by atoms with Gasteiger partial charge in [-0.15, -0.1) is 10.2 Å². The molecule has 0 saturated carbocycles. The summed E-state index contributed by atoms with van der Waals surface area (Å²) < 4.78 is 30.2. The van der Waals surface area contributed by atoms with Crippen molar-refractivity contribution in [3.05, 3.63) is 72.8 Å². The predicted molar refractivity (Wildman–Crippen MR) is 115 cm³/mol. The SMILES string of the molecule is CC(C)(SSc1ccc(-n2cncn2)nn1)C(O)(Cn1cncn1)c1ccc(F)cc1F. The molecule has 4 aromatic rings. The van der Waals surface area contributed by atoms with Crippen LogP contribution in [0.25, 0.3) is 5.82 Å². The Morgan fingerprint density at radius 1 is 1.00 bits per heavy atom. The van der Waals surface area contributed by atoms with E-state index in [1.54, 1.807) is 26.0 Å². The maximum atomic E-state index is 14.7. The van der Waals surface area contributed by atoms with Crippen LogP contribution in [-0.2, 0) is 12.1 Å². The first-order chi connectivity index (χ1) is 15.3. The molecule has 32 heavy (non-hydrogen) atoms. The van der Waals surface area contributed by atoms with Gasteiger partial charge in [-0.25, -0.2) is 28.1 Å². The van der Waals surface area contributed by atoms with Gasteiger partial charge in [0, 0.05) is 11.6 Å². The smallest absolute Gasteiger partial charge is 0.177 e. The highest BCUT2D eigenvalue weighted by molar-refractivity contribution is 8.77. The topological polar surface area (TPSA) is 107 Å². The molecule has 13 heteroatoms. The van der Waals surface area contributed by atoms with Crippen molar-refractivity contribution in [2.45, 2.75) is 35.8 Å². The number of halogens is 2. The third-order valence-electron chi connectivity index (χ3n) is 4.84. The van der Waals surface area contributed by atoms with Crippen LogP contribution in [0.1, 0.15) is 19.4 Å². The van der Waals surface area contributed by atoms with Gasteiger partial charge in [0.2, 0.25) is 0 Å². The summed E-state index contributed by atoms with van der Waals surface area (Å²) in [5.41, 5.74) is -1.80. The molecule has 0 amide bonds. The van der Waals surface area contributed by atoms with Crippen LogP contribution in [0.4, 0.5) is 8.78 Å². The molecule has 1 aromatic carbocycles. The summed E-state index contributed by atoms with van der Waals surface area (Å²) in [5.74, 6) is -1.06. The Bertz CT molecular complexity index is 1170. The third kappa shape index (κ3) is 4.49. The molecular formula is C19H18F2N8OS2. The van der Waals surface area contributed by atoms with Crippen molar-refractivity contribution in [3.63, 3.8) is 0 Å². The summed E-state index contributed by atoms with van der Waals surface area (Å²) in [6, 6.07) is 6.61. The first kappa shape index (κ1) is 22.3. The van der Waals surface area contributed by atoms with E-state index in [1.807, 2.05) is 0 Å². The van der Waals surface area contributed by atoms with E-state index >= 15 is 0 Å². The normalized spacial score (nSPS) is 13.8. The van der Waals surface area contributed by atoms with Gasteiger partial charge in [0.15, 0.2) is 5.82 Å². The summed E-state index contributed by atoms with van der Waals surface area (Å²) in [6.45, 7) is 3.44. The van der Waals surface area contributed by atoms with E-state index in [0.717, 1.165) is 12.1 Å². The second-order valence-electron chi connectivity index (χ2n) is 7.32. The van der Waals surface area contributed by atoms with E-state index in [2.05, 4.69) is 30.4 Å². The monoisotopic (exact) mass is 476 g/mol. The fourth-order valence-corrected chi connectivity index (χ4v) is 5.36. The van der Waals surface area contributed by atoms with Gasteiger partial charge in [0.1, 0.15) is 47.6 Å². The zero-order chi connectivity index (χ0) is 22.8. The molecule has 0 bridgehead atoms. The largest absolute Gasteiger partial charge is 0.382 e. The Hall–Kier alpha value is -2.90. The summed E-state index contributed by atoms with van der Waals surface area (Å²) in [6.07, 6.45) is 5.65. The van der Waals surface area contributed by atoms with Crippen molar-refractivity contribution >= 4 is 21.6 Å². The van der Waals surface area contributed by atoms with Crippen LogP contribution in [0.5, 0.6) is 0 Å². The van der Waals surface area contributed by atoms with E-state index in [1.165, 1.54) is 62.3 Å². The van der Waals surface area contributed by atoms with Gasteiger partial charge in [-0.3, -0.25) is 0 Å². The molecule has 4 rings (SSSR count). The predicted octanol–water partition coefficient (Wildman–Crippen LogP) is 3.03. The molecule has 1 unspecified atom stereocenters. The Morgan fingerprint density at radius 2 is 1.78 bits per heavy atom. The lowest BCUT2D eigenvalue weighted by molar-refractivity contribution is -0.0164. The zero-order valence-corrected chi connectivity index (χ0v) is 18.6. The molecule has 3 aromatic heterocycles. The Labute approximate surface area is 189 Å². The minimum absolute atomic E-state index is 0.0416. The maximum Gasteiger partial charge on any atom is 0.177 e. The number of rotatable bonds is 8. The van der Waals surface area contributed by atoms with Gasteiger partial charge in [0.05, 0.1) is 11.3 Å². The number of benzene rings is 1. The van der Waals surface area contributed by atoms with Crippen LogP contribution in [0.2, 0.25) is 0 Å². The van der Waals surface area contributed by atoms with E-state index in [0.29, 0.717) is 10.8 Å². The highest BCUT2D eigenvalue weighted by Gasteiger charge is 2.48. The van der Waals surface area contributed by atoms with Crippen molar-refractivity contribution in [2.75, 3.05) is 0 Å². The molecule has 1 atom stereocenters. The number of aromatic nitrogens is 8. The van der Waals surface area contributed by atoms with E-state index < -0.39 is 22.0 Å². The quantitative estimate of drug-likeness (QED) is 0.384. The Morgan fingerprint density at radius 3 is 2.41 bits per heavy atom. The molecule has 0 radical (unpaired) electrons. The molecule has 0 spiro atoms. The lowest BCUT2D eigenvalue weighted by Crippen LogP contribution is -2.48. The zero-order valence-electron chi connectivity index (χ0n) is 17.0. The Balaban J connectivity index is 1.59. The van der Waals surface area contributed by atoms with Gasteiger partial charge in [-0.05, 0) is 42.8 Å². The van der Waals surface area contributed by atoms with Crippen LogP contribution >= 0.6 is 21.6 Å². The van der Waals surface area contributed by atoms with Crippen molar-refractivity contribution in [2.24, 2.45) is 0 Å². The third-order valence-corrected chi connectivity index (χ3v) is 8.08. The summed E-state index contributed by atoms with van der Waals surface area (Å²) >= 11 is 0. The molecule has 0 aliphatic heterocycles. The minimum Gasteiger partial charge on any atom is -0.382 e. The number of hydrogen-bond acceptors (Lipinski definition) is 9.